The third kappa shape index (κ3) is 15.5. The molecular weight excluding hydrogens is 494 g/mol. The minimum Gasteiger partial charge on any atom is -0.544 e. The van der Waals surface area contributed by atoms with Gasteiger partial charge in [0.05, 0.1) is 12.5 Å². The summed E-state index contributed by atoms with van der Waals surface area (Å²) < 4.78 is -0.622. The predicted molar refractivity (Wildman–Crippen MR) is 156 cm³/mol. The zero-order valence-electron chi connectivity index (χ0n) is 25.5. The number of unbranched alkanes of at least 4 members (excludes halogenated alkanes) is 18. The fraction of sp³-hybridized carbons (Fsp3) is 0.844. The predicted octanol–water partition coefficient (Wildman–Crippen LogP) is 6.88. The summed E-state index contributed by atoms with van der Waals surface area (Å²) in [6, 6.07) is -3.70. The molecule has 39 heavy (non-hydrogen) atoms. The minimum absolute atomic E-state index is 0.00905. The topological polar surface area (TPSA) is 115 Å². The van der Waals surface area contributed by atoms with Crippen LogP contribution in [0.4, 0.5) is 0 Å². The highest BCUT2D eigenvalue weighted by Gasteiger charge is 2.50. The molecule has 7 heteroatoms. The van der Waals surface area contributed by atoms with E-state index in [0.29, 0.717) is 0 Å². The monoisotopic (exact) mass is 553 g/mol. The molecule has 0 heterocycles. The van der Waals surface area contributed by atoms with Crippen molar-refractivity contribution < 1.29 is 34.2 Å². The molecule has 3 atom stereocenters. The van der Waals surface area contributed by atoms with Crippen molar-refractivity contribution in [2.24, 2.45) is 0 Å². The van der Waals surface area contributed by atoms with E-state index in [0.717, 1.165) is 19.3 Å². The van der Waals surface area contributed by atoms with Gasteiger partial charge >= 0.3 is 11.9 Å². The van der Waals surface area contributed by atoms with Crippen LogP contribution in [0, 0.1) is 0 Å². The number of allylic oxidation sites excluding steroid dienone is 1. The van der Waals surface area contributed by atoms with E-state index in [1.54, 1.807) is 6.08 Å². The first-order valence-corrected chi connectivity index (χ1v) is 15.8. The van der Waals surface area contributed by atoms with Crippen LogP contribution in [-0.2, 0) is 14.4 Å². The highest BCUT2D eigenvalue weighted by molar-refractivity contribution is 5.77. The molecule has 0 aromatic carbocycles. The number of carbonyl (C=O) groups excluding carboxylic acids is 1. The van der Waals surface area contributed by atoms with E-state index < -0.39 is 40.5 Å². The minimum atomic E-state index is -1.45. The van der Waals surface area contributed by atoms with Crippen molar-refractivity contribution in [2.75, 3.05) is 6.54 Å². The molecular formula is C32H59NO6. The van der Waals surface area contributed by atoms with E-state index in [2.05, 4.69) is 6.92 Å². The van der Waals surface area contributed by atoms with Crippen LogP contribution in [0.3, 0.4) is 0 Å². The summed E-state index contributed by atoms with van der Waals surface area (Å²) in [5.74, 6) is -3.91. The van der Waals surface area contributed by atoms with Crippen LogP contribution in [0.2, 0.25) is 0 Å². The van der Waals surface area contributed by atoms with Crippen LogP contribution < -0.4 is 5.11 Å². The van der Waals surface area contributed by atoms with Gasteiger partial charge in [0.25, 0.3) is 0 Å². The first kappa shape index (κ1) is 37.1. The van der Waals surface area contributed by atoms with Crippen molar-refractivity contribution in [3.63, 3.8) is 0 Å². The SMILES string of the molecule is CCCCCCCCCCCCCCCCCCCC/C=C/C[N+](C(C)C(=O)[O-])(C(C)C(=O)O)C(C)C(=O)O. The van der Waals surface area contributed by atoms with Crippen molar-refractivity contribution in [1.82, 2.24) is 0 Å². The maximum atomic E-state index is 11.8. The van der Waals surface area contributed by atoms with Crippen molar-refractivity contribution in [2.45, 2.75) is 168 Å². The number of hydrogen-bond acceptors (Lipinski definition) is 4. The molecule has 0 spiro atoms. The Hall–Kier alpha value is -1.89. The second kappa shape index (κ2) is 22.9. The molecule has 0 radical (unpaired) electrons. The molecule has 0 saturated carbocycles. The molecule has 0 fully saturated rings. The summed E-state index contributed by atoms with van der Waals surface area (Å²) in [5.41, 5.74) is 0. The summed E-state index contributed by atoms with van der Waals surface area (Å²) in [4.78, 5) is 35.2. The van der Waals surface area contributed by atoms with Gasteiger partial charge in [-0.05, 0) is 39.7 Å². The maximum Gasteiger partial charge on any atom is 0.362 e. The summed E-state index contributed by atoms with van der Waals surface area (Å²) in [6.45, 7) is 6.34. The molecule has 0 rings (SSSR count). The van der Waals surface area contributed by atoms with E-state index in [1.807, 2.05) is 6.08 Å². The third-order valence-corrected chi connectivity index (χ3v) is 8.53. The van der Waals surface area contributed by atoms with Gasteiger partial charge in [-0.2, -0.15) is 0 Å². The van der Waals surface area contributed by atoms with Crippen LogP contribution in [-0.4, -0.2) is 57.3 Å². The van der Waals surface area contributed by atoms with Crippen LogP contribution >= 0.6 is 0 Å². The van der Waals surface area contributed by atoms with Gasteiger partial charge in [0.15, 0.2) is 12.1 Å². The average Bonchev–Trinajstić information content (AvgIpc) is 2.90. The molecule has 0 aromatic heterocycles. The number of aliphatic carboxylic acids is 3. The van der Waals surface area contributed by atoms with Gasteiger partial charge in [0.2, 0.25) is 0 Å². The summed E-state index contributed by atoms with van der Waals surface area (Å²) in [6.07, 6.45) is 28.3. The van der Waals surface area contributed by atoms with E-state index >= 15 is 0 Å². The van der Waals surface area contributed by atoms with Gasteiger partial charge in [-0.1, -0.05) is 122 Å². The zero-order valence-corrected chi connectivity index (χ0v) is 25.5. The Morgan fingerprint density at radius 3 is 1.23 bits per heavy atom. The molecule has 0 aliphatic heterocycles. The molecule has 0 saturated heterocycles. The lowest BCUT2D eigenvalue weighted by Gasteiger charge is -2.48. The second-order valence-electron chi connectivity index (χ2n) is 11.5. The number of rotatable bonds is 27. The van der Waals surface area contributed by atoms with Crippen molar-refractivity contribution >= 4 is 17.9 Å². The van der Waals surface area contributed by atoms with E-state index in [4.69, 9.17) is 0 Å². The van der Waals surface area contributed by atoms with Crippen LogP contribution in [0.1, 0.15) is 150 Å². The molecule has 2 N–H and O–H groups in total. The Labute approximate surface area is 238 Å². The Balaban J connectivity index is 4.09. The molecule has 7 nitrogen and oxygen atoms in total. The Morgan fingerprint density at radius 1 is 0.590 bits per heavy atom. The molecule has 3 unspecified atom stereocenters. The Bertz CT molecular complexity index is 642. The van der Waals surface area contributed by atoms with Gasteiger partial charge in [0.1, 0.15) is 6.04 Å². The fourth-order valence-corrected chi connectivity index (χ4v) is 5.63. The van der Waals surface area contributed by atoms with Crippen LogP contribution in [0.15, 0.2) is 12.2 Å². The number of nitrogens with zero attached hydrogens (tertiary/aromatic N) is 1. The second-order valence-corrected chi connectivity index (χ2v) is 11.5. The first-order chi connectivity index (χ1) is 18.6. The molecule has 0 aliphatic rings. The Kier molecular flexibility index (Phi) is 21.8. The highest BCUT2D eigenvalue weighted by Crippen LogP contribution is 2.26. The molecule has 228 valence electrons. The van der Waals surface area contributed by atoms with E-state index in [1.165, 1.54) is 124 Å². The van der Waals surface area contributed by atoms with E-state index in [9.17, 15) is 29.7 Å². The lowest BCUT2D eigenvalue weighted by molar-refractivity contribution is -0.964. The quantitative estimate of drug-likeness (QED) is 0.0651. The van der Waals surface area contributed by atoms with Gasteiger partial charge in [-0.3, -0.25) is 4.48 Å². The van der Waals surface area contributed by atoms with Crippen molar-refractivity contribution in [3.8, 4) is 0 Å². The standard InChI is InChI=1S/C32H59NO6/c1-5-6-7-8-9-10-11-12-13-14-15-16-17-18-19-20-21-22-23-24-25-26-33(27(2)30(34)35,28(3)31(36)37)29(4)32(38)39/h24-25,27-29H,5-23,26H2,1-4H3,(H2-,34,35,36,37,38,39)/b25-24+. The number of carboxylic acid groups (broad SMARTS) is 3. The lowest BCUT2D eigenvalue weighted by atomic mass is 10.0. The molecule has 0 aromatic rings. The molecule has 0 aliphatic carbocycles. The zero-order chi connectivity index (χ0) is 29.5. The normalized spacial score (nSPS) is 15.6. The summed E-state index contributed by atoms with van der Waals surface area (Å²) >= 11 is 0. The Morgan fingerprint density at radius 2 is 0.923 bits per heavy atom. The van der Waals surface area contributed by atoms with Crippen LogP contribution in [0.25, 0.3) is 0 Å². The average molecular weight is 554 g/mol. The number of hydrogen-bond donors (Lipinski definition) is 2. The largest absolute Gasteiger partial charge is 0.544 e. The first-order valence-electron chi connectivity index (χ1n) is 15.8. The number of carbonyl (C=O) groups is 3. The van der Waals surface area contributed by atoms with Gasteiger partial charge in [0, 0.05) is 0 Å². The van der Waals surface area contributed by atoms with Gasteiger partial charge in [-0.25, -0.2) is 9.59 Å². The number of quaternary nitrogens is 1. The van der Waals surface area contributed by atoms with Crippen molar-refractivity contribution in [1.29, 1.82) is 0 Å². The number of carboxylic acids is 3. The fourth-order valence-electron chi connectivity index (χ4n) is 5.63. The summed E-state index contributed by atoms with van der Waals surface area (Å²) in [5, 5.41) is 30.9. The van der Waals surface area contributed by atoms with Crippen LogP contribution in [0.5, 0.6) is 0 Å². The molecule has 0 bridgehead atoms. The van der Waals surface area contributed by atoms with Gasteiger partial charge in [-0.15, -0.1) is 0 Å². The highest BCUT2D eigenvalue weighted by atomic mass is 16.4. The maximum absolute atomic E-state index is 11.8. The van der Waals surface area contributed by atoms with E-state index in [-0.39, 0.29) is 6.54 Å². The van der Waals surface area contributed by atoms with Gasteiger partial charge < -0.3 is 20.1 Å². The smallest absolute Gasteiger partial charge is 0.362 e. The molecule has 0 amide bonds. The third-order valence-electron chi connectivity index (χ3n) is 8.53. The lowest BCUT2D eigenvalue weighted by Crippen LogP contribution is -2.71. The summed E-state index contributed by atoms with van der Waals surface area (Å²) in [7, 11) is 0. The van der Waals surface area contributed by atoms with Crippen molar-refractivity contribution in [3.05, 3.63) is 12.2 Å².